The summed E-state index contributed by atoms with van der Waals surface area (Å²) < 4.78 is 18.3. The van der Waals surface area contributed by atoms with E-state index in [1.165, 1.54) is 0 Å². The van der Waals surface area contributed by atoms with Crippen LogP contribution in [0.25, 0.3) is 0 Å². The van der Waals surface area contributed by atoms with Crippen LogP contribution in [0.4, 0.5) is 4.79 Å². The van der Waals surface area contributed by atoms with Crippen LogP contribution in [0.1, 0.15) is 63.5 Å². The molecule has 2 saturated heterocycles. The molecule has 1 aromatic rings. The average molecular weight is 1030 g/mol. The van der Waals surface area contributed by atoms with E-state index in [0.29, 0.717) is 101 Å². The molecule has 398 valence electrons. The number of nitrogens with one attached hydrogen (secondary N) is 11. The number of carbonyl (C=O) groups is 9. The van der Waals surface area contributed by atoms with E-state index in [2.05, 4.69) is 69.1 Å². The van der Waals surface area contributed by atoms with Gasteiger partial charge in [-0.15, -0.1) is 5.10 Å². The maximum Gasteiger partial charge on any atom is 0.315 e. The Hall–Kier alpha value is -5.76. The number of hydrazine groups is 3. The van der Waals surface area contributed by atoms with Crippen LogP contribution < -0.4 is 70.5 Å². The Labute approximate surface area is 415 Å². The number of ether oxygens (including phenoxy) is 3. The predicted molar refractivity (Wildman–Crippen MR) is 253 cm³/mol. The van der Waals surface area contributed by atoms with Gasteiger partial charge in [-0.05, 0) is 44.9 Å². The molecule has 71 heavy (non-hydrogen) atoms. The zero-order valence-electron chi connectivity index (χ0n) is 39.9. The summed E-state index contributed by atoms with van der Waals surface area (Å²) in [6.45, 7) is 0.743. The molecule has 2 unspecified atom stereocenters. The van der Waals surface area contributed by atoms with E-state index >= 15 is 0 Å². The molecule has 10 amide bonds. The fourth-order valence-electron chi connectivity index (χ4n) is 7.27. The topological polar surface area (TPSA) is 400 Å². The molecule has 2 fully saturated rings. The van der Waals surface area contributed by atoms with Gasteiger partial charge in [0.15, 0.2) is 0 Å². The summed E-state index contributed by atoms with van der Waals surface area (Å²) in [5, 5.41) is 29.8. The number of rotatable bonds is 22. The zero-order valence-corrected chi connectivity index (χ0v) is 40.7. The van der Waals surface area contributed by atoms with Crippen molar-refractivity contribution in [2.24, 2.45) is 11.7 Å². The van der Waals surface area contributed by atoms with Crippen molar-refractivity contribution in [1.29, 1.82) is 0 Å². The summed E-state index contributed by atoms with van der Waals surface area (Å²) in [4.78, 5) is 112. The SMILES string of the molecule is NN[C@H]1Cc2cn(nn2)CCCC[C@@H](C(=O)NCCCOCCOCCOCCCNNC(=O)CCCC[C@H]2SCC3NC(=O)NC32)NC(=O)CNC(=O)CNC(=O)CN(N)C(=O)CNC(=O)CNC1=O. The summed E-state index contributed by atoms with van der Waals surface area (Å²) in [6.07, 6.45) is 7.19. The summed E-state index contributed by atoms with van der Waals surface area (Å²) in [6, 6.07) is -1.64. The Morgan fingerprint density at radius 1 is 0.775 bits per heavy atom. The van der Waals surface area contributed by atoms with E-state index in [1.807, 2.05) is 11.8 Å². The molecule has 4 rings (SSSR count). The van der Waals surface area contributed by atoms with E-state index in [1.54, 1.807) is 10.9 Å². The first-order valence-electron chi connectivity index (χ1n) is 23.8. The monoisotopic (exact) mass is 1030 g/mol. The van der Waals surface area contributed by atoms with Crippen molar-refractivity contribution in [2.75, 3.05) is 91.2 Å². The van der Waals surface area contributed by atoms with Crippen molar-refractivity contribution in [1.82, 2.24) is 78.8 Å². The number of amides is 10. The van der Waals surface area contributed by atoms with Crippen LogP contribution in [0.15, 0.2) is 6.20 Å². The van der Waals surface area contributed by atoms with E-state index in [0.717, 1.165) is 25.0 Å². The predicted octanol–water partition coefficient (Wildman–Crippen LogP) is -6.22. The fourth-order valence-corrected chi connectivity index (χ4v) is 8.82. The quantitative estimate of drug-likeness (QED) is 0.0169. The number of hydrogen-bond donors (Lipinski definition) is 13. The van der Waals surface area contributed by atoms with Crippen molar-refractivity contribution in [3.05, 3.63) is 11.9 Å². The highest BCUT2D eigenvalue weighted by Gasteiger charge is 2.42. The highest BCUT2D eigenvalue weighted by Crippen LogP contribution is 2.33. The lowest BCUT2D eigenvalue weighted by atomic mass is 10.0. The van der Waals surface area contributed by atoms with Gasteiger partial charge >= 0.3 is 6.03 Å². The van der Waals surface area contributed by atoms with E-state index in [9.17, 15) is 43.2 Å². The van der Waals surface area contributed by atoms with Crippen molar-refractivity contribution in [3.63, 3.8) is 0 Å². The van der Waals surface area contributed by atoms with Gasteiger partial charge in [0.05, 0.1) is 70.4 Å². The van der Waals surface area contributed by atoms with E-state index < -0.39 is 86.2 Å². The number of nitrogens with two attached hydrogens (primary N) is 2. The van der Waals surface area contributed by atoms with Gasteiger partial charge in [0.2, 0.25) is 41.4 Å². The second-order valence-corrected chi connectivity index (χ2v) is 18.0. The number of urea groups is 1. The van der Waals surface area contributed by atoms with E-state index in [4.69, 9.17) is 25.9 Å². The van der Waals surface area contributed by atoms with Crippen molar-refractivity contribution in [2.45, 2.75) is 100 Å². The molecule has 0 aliphatic carbocycles. The minimum atomic E-state index is -0.980. The number of carbonyl (C=O) groups excluding carboxylic acids is 9. The van der Waals surface area contributed by atoms with E-state index in [-0.39, 0.29) is 43.4 Å². The molecular weight excluding hydrogens is 955 g/mol. The Balaban J connectivity index is 1.07. The molecule has 0 radical (unpaired) electrons. The Kier molecular flexibility index (Phi) is 26.9. The van der Waals surface area contributed by atoms with Gasteiger partial charge in [-0.2, -0.15) is 11.8 Å². The Morgan fingerprint density at radius 3 is 2.20 bits per heavy atom. The third-order valence-corrected chi connectivity index (χ3v) is 12.6. The molecule has 15 N–H and O–H groups in total. The standard InChI is InChI=1S/C41H71N17O12S/c42-53-29-19-27-24-57(56-54-27)12-4-3-7-28(50-35(62)22-45-33(60)20-46-36(63)25-58(43)37(64)23-47-34(61)21-48-40(29)66)39(65)44-10-5-13-68-15-17-70-18-16-69-14-6-11-49-55-32(59)9-2-1-8-31-38-30(26-71-31)51-41(67)52-38/h24,28-31,38,49,53H,1-23,25-26,42-43H2,(H,44,65)(H,45,60)(H,46,63)(H,47,61)(H,48,66)(H,50,62)(H,55,59)(H2,51,52,67)/t28-,29-,30?,31+,38?/m0/s1. The Morgan fingerprint density at radius 2 is 1.45 bits per heavy atom. The third kappa shape index (κ3) is 23.3. The fraction of sp³-hybridized carbons (Fsp3) is 0.732. The molecule has 0 spiro atoms. The molecule has 0 aromatic carbocycles. The lowest BCUT2D eigenvalue weighted by molar-refractivity contribution is -0.137. The maximum atomic E-state index is 13.2. The highest BCUT2D eigenvalue weighted by atomic mass is 32.2. The van der Waals surface area contributed by atoms with Crippen LogP contribution in [0.3, 0.4) is 0 Å². The van der Waals surface area contributed by atoms with Crippen LogP contribution >= 0.6 is 11.8 Å². The molecule has 1 aromatic heterocycles. The van der Waals surface area contributed by atoms with Gasteiger partial charge in [-0.3, -0.25) is 59.3 Å². The van der Waals surface area contributed by atoms with Crippen LogP contribution in [-0.2, 0) is 65.5 Å². The van der Waals surface area contributed by atoms with Crippen LogP contribution in [0.2, 0.25) is 0 Å². The molecule has 4 heterocycles. The maximum absolute atomic E-state index is 13.2. The van der Waals surface area contributed by atoms with Crippen LogP contribution in [-0.4, -0.2) is 194 Å². The van der Waals surface area contributed by atoms with Crippen LogP contribution in [0.5, 0.6) is 0 Å². The number of aromatic nitrogens is 3. The summed E-state index contributed by atoms with van der Waals surface area (Å²) in [5.74, 6) is 7.29. The molecule has 30 heteroatoms. The number of fused-ring (bicyclic) bond motifs is 3. The van der Waals surface area contributed by atoms with Gasteiger partial charge in [-0.25, -0.2) is 21.5 Å². The summed E-state index contributed by atoms with van der Waals surface area (Å²) >= 11 is 1.87. The van der Waals surface area contributed by atoms with Gasteiger partial charge < -0.3 is 56.7 Å². The molecule has 3 aliphatic rings. The van der Waals surface area contributed by atoms with Gasteiger partial charge in [0.1, 0.15) is 18.6 Å². The third-order valence-electron chi connectivity index (χ3n) is 11.1. The Bertz CT molecular complexity index is 1900. The largest absolute Gasteiger partial charge is 0.379 e. The number of hydrogen-bond acceptors (Lipinski definition) is 19. The lowest BCUT2D eigenvalue weighted by Gasteiger charge is -2.19. The van der Waals surface area contributed by atoms with Gasteiger partial charge in [0.25, 0.3) is 5.91 Å². The molecular formula is C41H71N17O12S. The minimum absolute atomic E-state index is 0.0311. The minimum Gasteiger partial charge on any atom is -0.379 e. The van der Waals surface area contributed by atoms with Gasteiger partial charge in [0, 0.05) is 62.9 Å². The molecule has 29 nitrogen and oxygen atoms in total. The summed E-state index contributed by atoms with van der Waals surface area (Å²) in [5.41, 5.74) is 8.44. The second-order valence-electron chi connectivity index (χ2n) is 16.8. The van der Waals surface area contributed by atoms with Crippen LogP contribution in [0, 0.1) is 0 Å². The average Bonchev–Trinajstić information content (AvgIpc) is 4.07. The van der Waals surface area contributed by atoms with Gasteiger partial charge in [-0.1, -0.05) is 11.6 Å². The first-order valence-corrected chi connectivity index (χ1v) is 24.8. The summed E-state index contributed by atoms with van der Waals surface area (Å²) in [7, 11) is 0. The lowest BCUT2D eigenvalue weighted by Crippen LogP contribution is -2.52. The highest BCUT2D eigenvalue weighted by molar-refractivity contribution is 8.00. The zero-order chi connectivity index (χ0) is 51.2. The molecule has 0 saturated carbocycles. The molecule has 2 bridgehead atoms. The first-order chi connectivity index (χ1) is 34.3. The number of nitrogens with zero attached hydrogens (tertiary/aromatic N) is 4. The first kappa shape index (κ1) is 57.8. The normalized spacial score (nSPS) is 22.4. The second kappa shape index (κ2) is 33.0. The number of thioether (sulfide) groups is 1. The molecule has 3 aliphatic heterocycles. The van der Waals surface area contributed by atoms with Crippen molar-refractivity contribution < 1.29 is 57.4 Å². The number of aryl methyl sites for hydroxylation is 1. The van der Waals surface area contributed by atoms with Crippen molar-refractivity contribution >= 4 is 65.1 Å². The smallest absolute Gasteiger partial charge is 0.315 e. The molecule has 5 atom stereocenters. The van der Waals surface area contributed by atoms with Crippen molar-refractivity contribution in [3.8, 4) is 0 Å². The number of unbranched alkanes of at least 4 members (excludes halogenated alkanes) is 1.